The van der Waals surface area contributed by atoms with E-state index >= 15 is 0 Å². The van der Waals surface area contributed by atoms with Gasteiger partial charge in [-0.1, -0.05) is 107 Å². The van der Waals surface area contributed by atoms with Crippen LogP contribution in [0.5, 0.6) is 0 Å². The van der Waals surface area contributed by atoms with Crippen molar-refractivity contribution in [1.82, 2.24) is 4.98 Å². The molecule has 3 aromatic carbocycles. The van der Waals surface area contributed by atoms with Gasteiger partial charge in [0.2, 0.25) is 0 Å². The Balaban J connectivity index is 1.63. The van der Waals surface area contributed by atoms with Crippen molar-refractivity contribution in [3.05, 3.63) is 126 Å². The molecule has 0 saturated carbocycles. The van der Waals surface area contributed by atoms with Gasteiger partial charge in [0.15, 0.2) is 0 Å². The molecule has 2 heteroatoms. The SMILES string of the molecule is CCc1ccc(-c2ccccc2N2CC=C(C(C)(C)C)C=C2c2cccc(-c3ccccc3)c2)nc1. The number of nitrogens with zero attached hydrogens (tertiary/aromatic N) is 2. The van der Waals surface area contributed by atoms with Crippen LogP contribution in [-0.2, 0) is 6.42 Å². The van der Waals surface area contributed by atoms with Gasteiger partial charge >= 0.3 is 0 Å². The summed E-state index contributed by atoms with van der Waals surface area (Å²) in [5.41, 5.74) is 10.9. The maximum Gasteiger partial charge on any atom is 0.0723 e. The highest BCUT2D eigenvalue weighted by Crippen LogP contribution is 2.40. The zero-order valence-electron chi connectivity index (χ0n) is 21.7. The lowest BCUT2D eigenvalue weighted by atomic mass is 9.83. The highest BCUT2D eigenvalue weighted by atomic mass is 15.1. The Labute approximate surface area is 215 Å². The van der Waals surface area contributed by atoms with Gasteiger partial charge in [-0.25, -0.2) is 0 Å². The molecule has 5 rings (SSSR count). The van der Waals surface area contributed by atoms with Crippen LogP contribution in [0.15, 0.2) is 115 Å². The number of hydrogen-bond donors (Lipinski definition) is 0. The van der Waals surface area contributed by atoms with Gasteiger partial charge in [-0.15, -0.1) is 0 Å². The molecule has 1 aromatic heterocycles. The van der Waals surface area contributed by atoms with E-state index in [1.807, 2.05) is 6.20 Å². The Bertz CT molecular complexity index is 1400. The van der Waals surface area contributed by atoms with Crippen LogP contribution in [-0.4, -0.2) is 11.5 Å². The minimum atomic E-state index is 0.0748. The molecule has 0 aliphatic carbocycles. The minimum Gasteiger partial charge on any atom is -0.337 e. The summed E-state index contributed by atoms with van der Waals surface area (Å²) >= 11 is 0. The summed E-state index contributed by atoms with van der Waals surface area (Å²) in [6.45, 7) is 9.85. The second kappa shape index (κ2) is 9.99. The van der Waals surface area contributed by atoms with Gasteiger partial charge in [-0.3, -0.25) is 4.98 Å². The summed E-state index contributed by atoms with van der Waals surface area (Å²) in [7, 11) is 0. The normalized spacial score (nSPS) is 13.8. The molecule has 0 atom stereocenters. The van der Waals surface area contributed by atoms with Crippen LogP contribution in [0.2, 0.25) is 0 Å². The van der Waals surface area contributed by atoms with Crippen LogP contribution in [0.1, 0.15) is 38.8 Å². The summed E-state index contributed by atoms with van der Waals surface area (Å²) < 4.78 is 0. The van der Waals surface area contributed by atoms with Crippen molar-refractivity contribution in [3.8, 4) is 22.4 Å². The molecule has 0 fully saturated rings. The minimum absolute atomic E-state index is 0.0748. The first kappa shape index (κ1) is 23.8. The molecule has 4 aromatic rings. The number of rotatable bonds is 5. The molecule has 2 heterocycles. The van der Waals surface area contributed by atoms with Crippen LogP contribution >= 0.6 is 0 Å². The van der Waals surface area contributed by atoms with Crippen molar-refractivity contribution in [3.63, 3.8) is 0 Å². The third kappa shape index (κ3) is 4.90. The quantitative estimate of drug-likeness (QED) is 0.290. The molecule has 0 spiro atoms. The highest BCUT2D eigenvalue weighted by molar-refractivity contribution is 5.90. The molecule has 2 nitrogen and oxygen atoms in total. The molecule has 1 aliphatic heterocycles. The molecular formula is C34H34N2. The van der Waals surface area contributed by atoms with E-state index in [-0.39, 0.29) is 5.41 Å². The van der Waals surface area contributed by atoms with E-state index in [0.29, 0.717) is 0 Å². The Kier molecular flexibility index (Phi) is 6.61. The molecule has 0 unspecified atom stereocenters. The molecule has 180 valence electrons. The predicted octanol–water partition coefficient (Wildman–Crippen LogP) is 8.81. The number of hydrogen-bond acceptors (Lipinski definition) is 2. The zero-order chi connectivity index (χ0) is 25.1. The summed E-state index contributed by atoms with van der Waals surface area (Å²) in [6, 6.07) is 32.5. The molecule has 1 aliphatic rings. The Hall–Kier alpha value is -3.91. The van der Waals surface area contributed by atoms with Crippen molar-refractivity contribution < 1.29 is 0 Å². The van der Waals surface area contributed by atoms with Crippen LogP contribution in [0, 0.1) is 5.41 Å². The van der Waals surface area contributed by atoms with Gasteiger partial charge in [0.1, 0.15) is 0 Å². The first-order chi connectivity index (χ1) is 17.4. The average molecular weight is 471 g/mol. The van der Waals surface area contributed by atoms with E-state index in [1.54, 1.807) is 0 Å². The van der Waals surface area contributed by atoms with Gasteiger partial charge in [0.05, 0.1) is 11.4 Å². The predicted molar refractivity (Wildman–Crippen MR) is 154 cm³/mol. The third-order valence-electron chi connectivity index (χ3n) is 6.91. The van der Waals surface area contributed by atoms with Crippen LogP contribution in [0.25, 0.3) is 28.1 Å². The van der Waals surface area contributed by atoms with Crippen molar-refractivity contribution in [2.24, 2.45) is 5.41 Å². The third-order valence-corrected chi connectivity index (χ3v) is 6.91. The smallest absolute Gasteiger partial charge is 0.0723 e. The topological polar surface area (TPSA) is 16.1 Å². The second-order valence-electron chi connectivity index (χ2n) is 10.4. The van der Waals surface area contributed by atoms with Gasteiger partial charge in [0, 0.05) is 24.0 Å². The zero-order valence-corrected chi connectivity index (χ0v) is 21.7. The Morgan fingerprint density at radius 3 is 2.22 bits per heavy atom. The standard InChI is InChI=1S/C34H34N2/c1-5-25-18-19-31(35-24-25)30-16-9-10-17-32(30)36-21-20-29(34(2,3)4)23-33(36)28-15-11-14-27(22-28)26-12-7-6-8-13-26/h6-20,22-24H,5,21H2,1-4H3. The van der Waals surface area contributed by atoms with E-state index < -0.39 is 0 Å². The molecule has 0 N–H and O–H groups in total. The number of aryl methyl sites for hydroxylation is 1. The fourth-order valence-corrected chi connectivity index (χ4v) is 4.77. The van der Waals surface area contributed by atoms with E-state index in [9.17, 15) is 0 Å². The molecule has 0 bridgehead atoms. The number of allylic oxidation sites excluding steroid dienone is 2. The molecule has 0 radical (unpaired) electrons. The lowest BCUT2D eigenvalue weighted by molar-refractivity contribution is 0.514. The van der Waals surface area contributed by atoms with Crippen LogP contribution < -0.4 is 4.90 Å². The lowest BCUT2D eigenvalue weighted by Gasteiger charge is -2.35. The molecule has 0 saturated heterocycles. The first-order valence-electron chi connectivity index (χ1n) is 12.8. The van der Waals surface area contributed by atoms with E-state index in [4.69, 9.17) is 4.98 Å². The van der Waals surface area contributed by atoms with E-state index in [0.717, 1.165) is 24.2 Å². The molecular weight excluding hydrogens is 436 g/mol. The summed E-state index contributed by atoms with van der Waals surface area (Å²) in [5.74, 6) is 0. The largest absolute Gasteiger partial charge is 0.337 e. The van der Waals surface area contributed by atoms with E-state index in [2.05, 4.69) is 136 Å². The Morgan fingerprint density at radius 2 is 1.50 bits per heavy atom. The van der Waals surface area contributed by atoms with E-state index in [1.165, 1.54) is 39.2 Å². The maximum atomic E-state index is 4.82. The maximum absolute atomic E-state index is 4.82. The summed E-state index contributed by atoms with van der Waals surface area (Å²) in [6.07, 6.45) is 7.74. The fraction of sp³-hybridized carbons (Fsp3) is 0.206. The van der Waals surface area contributed by atoms with Crippen molar-refractivity contribution in [1.29, 1.82) is 0 Å². The second-order valence-corrected chi connectivity index (χ2v) is 10.4. The summed E-state index contributed by atoms with van der Waals surface area (Å²) in [5, 5.41) is 0. The first-order valence-corrected chi connectivity index (χ1v) is 12.8. The van der Waals surface area contributed by atoms with Gasteiger partial charge in [-0.2, -0.15) is 0 Å². The van der Waals surface area contributed by atoms with Gasteiger partial charge in [-0.05, 0) is 63.9 Å². The highest BCUT2D eigenvalue weighted by Gasteiger charge is 2.25. The summed E-state index contributed by atoms with van der Waals surface area (Å²) in [4.78, 5) is 7.25. The average Bonchev–Trinajstić information content (AvgIpc) is 2.93. The Morgan fingerprint density at radius 1 is 0.778 bits per heavy atom. The number of pyridine rings is 1. The van der Waals surface area contributed by atoms with Crippen molar-refractivity contribution in [2.45, 2.75) is 34.1 Å². The number of para-hydroxylation sites is 1. The fourth-order valence-electron chi connectivity index (χ4n) is 4.77. The number of benzene rings is 3. The molecule has 0 amide bonds. The van der Waals surface area contributed by atoms with Crippen LogP contribution in [0.4, 0.5) is 5.69 Å². The van der Waals surface area contributed by atoms with Crippen LogP contribution in [0.3, 0.4) is 0 Å². The number of aromatic nitrogens is 1. The monoisotopic (exact) mass is 470 g/mol. The van der Waals surface area contributed by atoms with Gasteiger partial charge < -0.3 is 4.90 Å². The molecule has 36 heavy (non-hydrogen) atoms. The van der Waals surface area contributed by atoms with Crippen molar-refractivity contribution >= 4 is 11.4 Å². The van der Waals surface area contributed by atoms with Gasteiger partial charge in [0.25, 0.3) is 0 Å². The van der Waals surface area contributed by atoms with Crippen molar-refractivity contribution in [2.75, 3.05) is 11.4 Å². The lowest BCUT2D eigenvalue weighted by Crippen LogP contribution is -2.27. The number of anilines is 1.